The van der Waals surface area contributed by atoms with E-state index in [2.05, 4.69) is 5.32 Å². The summed E-state index contributed by atoms with van der Waals surface area (Å²) in [5.41, 5.74) is 1.84. The summed E-state index contributed by atoms with van der Waals surface area (Å²) in [7, 11) is 1.48. The third-order valence-corrected chi connectivity index (χ3v) is 3.63. The normalized spacial score (nSPS) is 10.0. The first-order valence-corrected chi connectivity index (χ1v) is 7.24. The van der Waals surface area contributed by atoms with E-state index in [4.69, 9.17) is 21.1 Å². The van der Waals surface area contributed by atoms with Gasteiger partial charge >= 0.3 is 0 Å². The SMILES string of the molecule is COc1ccc(C=O)cc1OCC(=O)Nc1cccc(Cl)c1C. The van der Waals surface area contributed by atoms with Crippen LogP contribution in [0.25, 0.3) is 0 Å². The molecular weight excluding hydrogens is 318 g/mol. The van der Waals surface area contributed by atoms with Gasteiger partial charge in [0.15, 0.2) is 18.1 Å². The Morgan fingerprint density at radius 2 is 2.04 bits per heavy atom. The van der Waals surface area contributed by atoms with E-state index >= 15 is 0 Å². The molecule has 0 aliphatic heterocycles. The molecule has 120 valence electrons. The van der Waals surface area contributed by atoms with Crippen molar-refractivity contribution in [3.8, 4) is 11.5 Å². The number of nitrogens with one attached hydrogen (secondary N) is 1. The zero-order chi connectivity index (χ0) is 16.8. The Morgan fingerprint density at radius 1 is 1.26 bits per heavy atom. The van der Waals surface area contributed by atoms with Crippen molar-refractivity contribution in [1.82, 2.24) is 0 Å². The van der Waals surface area contributed by atoms with Crippen LogP contribution in [0.3, 0.4) is 0 Å². The van der Waals surface area contributed by atoms with Crippen LogP contribution in [0.2, 0.25) is 5.02 Å². The monoisotopic (exact) mass is 333 g/mol. The van der Waals surface area contributed by atoms with Crippen molar-refractivity contribution in [2.24, 2.45) is 0 Å². The second-order valence-electron chi connectivity index (χ2n) is 4.78. The number of amides is 1. The summed E-state index contributed by atoms with van der Waals surface area (Å²) in [6, 6.07) is 9.99. The molecule has 23 heavy (non-hydrogen) atoms. The zero-order valence-corrected chi connectivity index (χ0v) is 13.5. The third kappa shape index (κ3) is 4.23. The van der Waals surface area contributed by atoms with Crippen molar-refractivity contribution in [1.29, 1.82) is 0 Å². The number of ether oxygens (including phenoxy) is 2. The van der Waals surface area contributed by atoms with Gasteiger partial charge in [-0.15, -0.1) is 0 Å². The van der Waals surface area contributed by atoms with Crippen LogP contribution in [0, 0.1) is 6.92 Å². The third-order valence-electron chi connectivity index (χ3n) is 3.22. The molecule has 2 aromatic carbocycles. The van der Waals surface area contributed by atoms with Crippen molar-refractivity contribution in [2.45, 2.75) is 6.92 Å². The summed E-state index contributed by atoms with van der Waals surface area (Å²) in [6.07, 6.45) is 0.696. The second-order valence-corrected chi connectivity index (χ2v) is 5.18. The largest absolute Gasteiger partial charge is 0.493 e. The number of rotatable bonds is 6. The zero-order valence-electron chi connectivity index (χ0n) is 12.8. The average Bonchev–Trinajstić information content (AvgIpc) is 2.56. The van der Waals surface area contributed by atoms with Gasteiger partial charge in [-0.05, 0) is 42.8 Å². The van der Waals surface area contributed by atoms with Gasteiger partial charge in [0.2, 0.25) is 0 Å². The molecule has 1 N–H and O–H groups in total. The van der Waals surface area contributed by atoms with Crippen LogP contribution in [-0.4, -0.2) is 25.9 Å². The van der Waals surface area contributed by atoms with Crippen molar-refractivity contribution < 1.29 is 19.1 Å². The highest BCUT2D eigenvalue weighted by Crippen LogP contribution is 2.28. The summed E-state index contributed by atoms with van der Waals surface area (Å²) in [6.45, 7) is 1.60. The van der Waals surface area contributed by atoms with Gasteiger partial charge < -0.3 is 14.8 Å². The second kappa shape index (κ2) is 7.65. The summed E-state index contributed by atoms with van der Waals surface area (Å²) < 4.78 is 10.6. The van der Waals surface area contributed by atoms with Crippen molar-refractivity contribution in [2.75, 3.05) is 19.0 Å². The molecule has 0 spiro atoms. The topological polar surface area (TPSA) is 64.6 Å². The molecule has 0 aliphatic carbocycles. The van der Waals surface area contributed by atoms with E-state index < -0.39 is 0 Å². The molecule has 0 aromatic heterocycles. The fourth-order valence-corrected chi connectivity index (χ4v) is 2.13. The van der Waals surface area contributed by atoms with Gasteiger partial charge in [0, 0.05) is 16.3 Å². The Labute approximate surface area is 139 Å². The van der Waals surface area contributed by atoms with Crippen LogP contribution < -0.4 is 14.8 Å². The standard InChI is InChI=1S/C17H16ClNO4/c1-11-13(18)4-3-5-14(11)19-17(21)10-23-16-8-12(9-20)6-7-15(16)22-2/h3-9H,10H2,1-2H3,(H,19,21). The van der Waals surface area contributed by atoms with Crippen LogP contribution in [0.4, 0.5) is 5.69 Å². The number of carbonyl (C=O) groups is 2. The molecule has 2 rings (SSSR count). The predicted molar refractivity (Wildman–Crippen MR) is 88.7 cm³/mol. The number of halogens is 1. The highest BCUT2D eigenvalue weighted by molar-refractivity contribution is 6.31. The molecule has 0 radical (unpaired) electrons. The van der Waals surface area contributed by atoms with E-state index in [1.807, 2.05) is 6.92 Å². The first kappa shape index (κ1) is 16.8. The van der Waals surface area contributed by atoms with E-state index in [0.717, 1.165) is 5.56 Å². The van der Waals surface area contributed by atoms with E-state index in [1.54, 1.807) is 30.3 Å². The quantitative estimate of drug-likeness (QED) is 0.822. The highest BCUT2D eigenvalue weighted by Gasteiger charge is 2.10. The van der Waals surface area contributed by atoms with Crippen LogP contribution in [-0.2, 0) is 4.79 Å². The van der Waals surface area contributed by atoms with Gasteiger partial charge in [-0.1, -0.05) is 17.7 Å². The molecule has 0 unspecified atom stereocenters. The maximum atomic E-state index is 12.0. The number of hydrogen-bond acceptors (Lipinski definition) is 4. The fraction of sp³-hybridized carbons (Fsp3) is 0.176. The summed E-state index contributed by atoms with van der Waals surface area (Å²) >= 11 is 6.01. The number of hydrogen-bond donors (Lipinski definition) is 1. The van der Waals surface area contributed by atoms with Gasteiger partial charge in [0.25, 0.3) is 5.91 Å². The average molecular weight is 334 g/mol. The van der Waals surface area contributed by atoms with Gasteiger partial charge in [0.05, 0.1) is 7.11 Å². The lowest BCUT2D eigenvalue weighted by Gasteiger charge is -2.12. The minimum absolute atomic E-state index is 0.218. The molecule has 0 saturated carbocycles. The lowest BCUT2D eigenvalue weighted by Crippen LogP contribution is -2.21. The molecule has 1 amide bonds. The minimum Gasteiger partial charge on any atom is -0.493 e. The number of carbonyl (C=O) groups excluding carboxylic acids is 2. The predicted octanol–water partition coefficient (Wildman–Crippen LogP) is 3.49. The summed E-state index contributed by atoms with van der Waals surface area (Å²) in [4.78, 5) is 22.8. The number of methoxy groups -OCH3 is 1. The highest BCUT2D eigenvalue weighted by atomic mass is 35.5. The van der Waals surface area contributed by atoms with E-state index in [9.17, 15) is 9.59 Å². The molecule has 0 saturated heterocycles. The van der Waals surface area contributed by atoms with Crippen molar-refractivity contribution in [3.63, 3.8) is 0 Å². The molecule has 5 nitrogen and oxygen atoms in total. The Balaban J connectivity index is 2.04. The molecule has 0 aliphatic rings. The minimum atomic E-state index is -0.339. The Hall–Kier alpha value is -2.53. The molecule has 0 fully saturated rings. The van der Waals surface area contributed by atoms with E-state index in [-0.39, 0.29) is 12.5 Å². The lowest BCUT2D eigenvalue weighted by molar-refractivity contribution is -0.118. The number of benzene rings is 2. The lowest BCUT2D eigenvalue weighted by atomic mass is 10.2. The maximum Gasteiger partial charge on any atom is 0.262 e. The van der Waals surface area contributed by atoms with Gasteiger partial charge in [-0.2, -0.15) is 0 Å². The molecule has 0 atom stereocenters. The molecular formula is C17H16ClNO4. The van der Waals surface area contributed by atoms with E-state index in [0.29, 0.717) is 34.1 Å². The first-order chi connectivity index (χ1) is 11.0. The van der Waals surface area contributed by atoms with Gasteiger partial charge in [0.1, 0.15) is 6.29 Å². The summed E-state index contributed by atoms with van der Waals surface area (Å²) in [5.74, 6) is 0.436. The van der Waals surface area contributed by atoms with Crippen LogP contribution in [0.1, 0.15) is 15.9 Å². The summed E-state index contributed by atoms with van der Waals surface area (Å²) in [5, 5.41) is 3.30. The molecule has 2 aromatic rings. The van der Waals surface area contributed by atoms with E-state index in [1.165, 1.54) is 13.2 Å². The Bertz CT molecular complexity index is 731. The fourth-order valence-electron chi connectivity index (χ4n) is 1.95. The van der Waals surface area contributed by atoms with Crippen molar-refractivity contribution >= 4 is 29.5 Å². The Morgan fingerprint density at radius 3 is 2.74 bits per heavy atom. The van der Waals surface area contributed by atoms with Crippen LogP contribution in [0.5, 0.6) is 11.5 Å². The molecule has 0 bridgehead atoms. The molecule has 0 heterocycles. The number of anilines is 1. The van der Waals surface area contributed by atoms with Gasteiger partial charge in [-0.3, -0.25) is 9.59 Å². The molecule has 6 heteroatoms. The first-order valence-electron chi connectivity index (χ1n) is 6.86. The maximum absolute atomic E-state index is 12.0. The van der Waals surface area contributed by atoms with Gasteiger partial charge in [-0.25, -0.2) is 0 Å². The van der Waals surface area contributed by atoms with Crippen LogP contribution in [0.15, 0.2) is 36.4 Å². The van der Waals surface area contributed by atoms with Crippen LogP contribution >= 0.6 is 11.6 Å². The smallest absolute Gasteiger partial charge is 0.262 e. The number of aldehydes is 1. The Kier molecular flexibility index (Phi) is 5.60. The van der Waals surface area contributed by atoms with Crippen molar-refractivity contribution in [3.05, 3.63) is 52.5 Å².